The van der Waals surface area contributed by atoms with Crippen LogP contribution in [0.1, 0.15) is 44.7 Å². The summed E-state index contributed by atoms with van der Waals surface area (Å²) >= 11 is 0. The summed E-state index contributed by atoms with van der Waals surface area (Å²) in [6.07, 6.45) is 4.11. The molecule has 0 unspecified atom stereocenters. The zero-order valence-electron chi connectivity index (χ0n) is 11.2. The zero-order valence-corrected chi connectivity index (χ0v) is 11.2. The van der Waals surface area contributed by atoms with E-state index < -0.39 is 0 Å². The van der Waals surface area contributed by atoms with Gasteiger partial charge in [0.1, 0.15) is 6.04 Å². The Labute approximate surface area is 105 Å². The summed E-state index contributed by atoms with van der Waals surface area (Å²) in [5.41, 5.74) is 2.86. The predicted octanol–water partition coefficient (Wildman–Crippen LogP) is 2.32. The summed E-state index contributed by atoms with van der Waals surface area (Å²) in [5, 5.41) is 2.50. The van der Waals surface area contributed by atoms with Gasteiger partial charge in [0.05, 0.1) is 6.54 Å². The van der Waals surface area contributed by atoms with Crippen LogP contribution in [-0.2, 0) is 0 Å². The van der Waals surface area contributed by atoms with Crippen molar-refractivity contribution >= 4 is 5.69 Å². The molecule has 1 fully saturated rings. The van der Waals surface area contributed by atoms with E-state index in [9.17, 15) is 0 Å². The van der Waals surface area contributed by atoms with Crippen molar-refractivity contribution in [2.75, 3.05) is 24.5 Å². The summed E-state index contributed by atoms with van der Waals surface area (Å²) in [6.45, 7) is 7.90. The molecule has 1 aromatic rings. The number of rotatable bonds is 4. The number of benzene rings is 1. The van der Waals surface area contributed by atoms with Crippen LogP contribution < -0.4 is 10.2 Å². The fraction of sp³-hybridized carbons (Fsp3) is 0.600. The van der Waals surface area contributed by atoms with Gasteiger partial charge in [0.15, 0.2) is 0 Å². The van der Waals surface area contributed by atoms with Crippen LogP contribution in [0.25, 0.3) is 0 Å². The molecule has 0 saturated carbocycles. The van der Waals surface area contributed by atoms with Gasteiger partial charge in [-0.3, -0.25) is 0 Å². The van der Waals surface area contributed by atoms with Gasteiger partial charge < -0.3 is 10.2 Å². The molecule has 0 radical (unpaired) electrons. The van der Waals surface area contributed by atoms with Gasteiger partial charge in [0.25, 0.3) is 0 Å². The van der Waals surface area contributed by atoms with Crippen LogP contribution in [0.3, 0.4) is 0 Å². The Morgan fingerprint density at radius 3 is 2.35 bits per heavy atom. The SMILES string of the molecule is CCN(CC)c1ccc([C@@H]2CCCC[NH2+]2)cc1. The van der Waals surface area contributed by atoms with Gasteiger partial charge in [-0.05, 0) is 38.8 Å². The maximum absolute atomic E-state index is 2.50. The summed E-state index contributed by atoms with van der Waals surface area (Å²) in [7, 11) is 0. The van der Waals surface area contributed by atoms with Crippen LogP contribution in [0.2, 0.25) is 0 Å². The van der Waals surface area contributed by atoms with Gasteiger partial charge in [-0.2, -0.15) is 0 Å². The molecule has 17 heavy (non-hydrogen) atoms. The normalized spacial score (nSPS) is 20.2. The smallest absolute Gasteiger partial charge is 0.112 e. The third-order valence-electron chi connectivity index (χ3n) is 3.87. The molecular weight excluding hydrogens is 208 g/mol. The molecule has 1 saturated heterocycles. The van der Waals surface area contributed by atoms with Gasteiger partial charge >= 0.3 is 0 Å². The average Bonchev–Trinajstić information content (AvgIpc) is 2.42. The number of piperidine rings is 1. The lowest BCUT2D eigenvalue weighted by Crippen LogP contribution is -2.86. The number of nitrogens with two attached hydrogens (primary N) is 1. The second-order valence-corrected chi connectivity index (χ2v) is 4.89. The van der Waals surface area contributed by atoms with Crippen molar-refractivity contribution in [3.63, 3.8) is 0 Å². The van der Waals surface area contributed by atoms with Gasteiger partial charge in [-0.15, -0.1) is 0 Å². The first-order valence-corrected chi connectivity index (χ1v) is 7.03. The number of hydrogen-bond donors (Lipinski definition) is 1. The zero-order chi connectivity index (χ0) is 12.1. The molecule has 2 rings (SSSR count). The van der Waals surface area contributed by atoms with E-state index in [1.54, 1.807) is 0 Å². The molecule has 94 valence electrons. The summed E-state index contributed by atoms with van der Waals surface area (Å²) < 4.78 is 0. The summed E-state index contributed by atoms with van der Waals surface area (Å²) in [4.78, 5) is 2.40. The third-order valence-corrected chi connectivity index (χ3v) is 3.87. The average molecular weight is 233 g/mol. The molecule has 1 aliphatic rings. The monoisotopic (exact) mass is 233 g/mol. The van der Waals surface area contributed by atoms with E-state index in [0.29, 0.717) is 6.04 Å². The van der Waals surface area contributed by atoms with Crippen molar-refractivity contribution in [2.45, 2.75) is 39.2 Å². The van der Waals surface area contributed by atoms with Crippen LogP contribution in [0.15, 0.2) is 24.3 Å². The van der Waals surface area contributed by atoms with Gasteiger partial charge in [0.2, 0.25) is 0 Å². The molecule has 0 bridgehead atoms. The van der Waals surface area contributed by atoms with E-state index in [2.05, 4.69) is 48.3 Å². The Morgan fingerprint density at radius 1 is 1.12 bits per heavy atom. The Balaban J connectivity index is 2.06. The molecule has 1 atom stereocenters. The van der Waals surface area contributed by atoms with Crippen molar-refractivity contribution in [3.8, 4) is 0 Å². The standard InChI is InChI=1S/C15H24N2/c1-3-17(4-2)14-10-8-13(9-11-14)15-7-5-6-12-16-15/h8-11,15-16H,3-7,12H2,1-2H3/p+1/t15-/m0/s1. The van der Waals surface area contributed by atoms with Gasteiger partial charge in [-0.25, -0.2) is 0 Å². The lowest BCUT2D eigenvalue weighted by Gasteiger charge is -2.23. The minimum atomic E-state index is 0.703. The van der Waals surface area contributed by atoms with Gasteiger partial charge in [-0.1, -0.05) is 12.1 Å². The number of quaternary nitrogens is 1. The molecule has 0 amide bonds. The lowest BCUT2D eigenvalue weighted by atomic mass is 9.97. The highest BCUT2D eigenvalue weighted by Crippen LogP contribution is 2.21. The molecule has 2 nitrogen and oxygen atoms in total. The first-order valence-electron chi connectivity index (χ1n) is 7.03. The number of anilines is 1. The highest BCUT2D eigenvalue weighted by atomic mass is 15.1. The van der Waals surface area contributed by atoms with Crippen LogP contribution >= 0.6 is 0 Å². The van der Waals surface area contributed by atoms with E-state index in [0.717, 1.165) is 13.1 Å². The highest BCUT2D eigenvalue weighted by Gasteiger charge is 2.18. The van der Waals surface area contributed by atoms with Crippen molar-refractivity contribution in [2.24, 2.45) is 0 Å². The second-order valence-electron chi connectivity index (χ2n) is 4.89. The van der Waals surface area contributed by atoms with Gasteiger partial charge in [0, 0.05) is 30.8 Å². The first kappa shape index (κ1) is 12.4. The molecule has 0 aliphatic carbocycles. The Bertz CT molecular complexity index is 321. The third kappa shape index (κ3) is 3.01. The topological polar surface area (TPSA) is 19.9 Å². The van der Waals surface area contributed by atoms with Crippen LogP contribution in [0, 0.1) is 0 Å². The van der Waals surface area contributed by atoms with E-state index >= 15 is 0 Å². The largest absolute Gasteiger partial charge is 0.372 e. The molecule has 2 N–H and O–H groups in total. The molecule has 1 aliphatic heterocycles. The van der Waals surface area contributed by atoms with Crippen molar-refractivity contribution in [1.82, 2.24) is 0 Å². The molecule has 2 heteroatoms. The predicted molar refractivity (Wildman–Crippen MR) is 73.4 cm³/mol. The van der Waals surface area contributed by atoms with Crippen molar-refractivity contribution < 1.29 is 5.32 Å². The maximum Gasteiger partial charge on any atom is 0.112 e. The highest BCUT2D eigenvalue weighted by molar-refractivity contribution is 5.47. The first-order chi connectivity index (χ1) is 8.35. The lowest BCUT2D eigenvalue weighted by molar-refractivity contribution is -0.704. The Morgan fingerprint density at radius 2 is 1.82 bits per heavy atom. The number of nitrogens with zero attached hydrogens (tertiary/aromatic N) is 1. The minimum Gasteiger partial charge on any atom is -0.372 e. The van der Waals surface area contributed by atoms with Crippen LogP contribution in [0.5, 0.6) is 0 Å². The van der Waals surface area contributed by atoms with Crippen LogP contribution in [-0.4, -0.2) is 19.6 Å². The molecule has 1 heterocycles. The Kier molecular flexibility index (Phi) is 4.43. The quantitative estimate of drug-likeness (QED) is 0.846. The summed E-state index contributed by atoms with van der Waals surface area (Å²) in [6, 6.07) is 9.91. The van der Waals surface area contributed by atoms with E-state index in [4.69, 9.17) is 0 Å². The van der Waals surface area contributed by atoms with Crippen molar-refractivity contribution in [1.29, 1.82) is 0 Å². The molecule has 0 aromatic heterocycles. The second kappa shape index (κ2) is 6.06. The number of hydrogen-bond acceptors (Lipinski definition) is 1. The van der Waals surface area contributed by atoms with E-state index in [-0.39, 0.29) is 0 Å². The summed E-state index contributed by atoms with van der Waals surface area (Å²) in [5.74, 6) is 0. The minimum absolute atomic E-state index is 0.703. The molecule has 1 aromatic carbocycles. The maximum atomic E-state index is 2.50. The fourth-order valence-corrected chi connectivity index (χ4v) is 2.77. The van der Waals surface area contributed by atoms with Crippen LogP contribution in [0.4, 0.5) is 5.69 Å². The van der Waals surface area contributed by atoms with E-state index in [1.807, 2.05) is 0 Å². The van der Waals surface area contributed by atoms with E-state index in [1.165, 1.54) is 37.1 Å². The molecular formula is C15H25N2+. The molecule has 0 spiro atoms. The fourth-order valence-electron chi connectivity index (χ4n) is 2.77. The van der Waals surface area contributed by atoms with Crippen molar-refractivity contribution in [3.05, 3.63) is 29.8 Å². The Hall–Kier alpha value is -1.02.